The van der Waals surface area contributed by atoms with Crippen molar-refractivity contribution in [3.8, 4) is 0 Å². The topological polar surface area (TPSA) is 67.2 Å². The Bertz CT molecular complexity index is 542. The van der Waals surface area contributed by atoms with Crippen molar-refractivity contribution >= 4 is 11.8 Å². The molecule has 0 bridgehead atoms. The van der Waals surface area contributed by atoms with Crippen LogP contribution in [-0.2, 0) is 11.8 Å². The summed E-state index contributed by atoms with van der Waals surface area (Å²) < 4.78 is 1.62. The summed E-state index contributed by atoms with van der Waals surface area (Å²) in [7, 11) is 5.26. The van der Waals surface area contributed by atoms with Gasteiger partial charge < -0.3 is 10.2 Å². The maximum Gasteiger partial charge on any atom is 0.255 e. The van der Waals surface area contributed by atoms with Crippen LogP contribution in [0.4, 0.5) is 0 Å². The minimum absolute atomic E-state index is 0.0166. The Kier molecular flexibility index (Phi) is 4.34. The van der Waals surface area contributed by atoms with Gasteiger partial charge in [-0.05, 0) is 19.8 Å². The number of likely N-dealkylation sites (N-methyl/N-ethyl adjacent to an activating group) is 1. The molecule has 0 saturated heterocycles. The molecule has 1 saturated carbocycles. The molecular formula is C15H24N4O2. The molecule has 2 amide bonds. The number of carbonyl (C=O) groups is 2. The fraction of sp³-hybridized carbons (Fsp3) is 0.667. The van der Waals surface area contributed by atoms with Gasteiger partial charge in [-0.1, -0.05) is 19.3 Å². The Balaban J connectivity index is 2.25. The van der Waals surface area contributed by atoms with Crippen LogP contribution in [0.5, 0.6) is 0 Å². The molecule has 0 aliphatic heterocycles. The number of aryl methyl sites for hydroxylation is 2. The van der Waals surface area contributed by atoms with E-state index in [0.717, 1.165) is 19.3 Å². The van der Waals surface area contributed by atoms with Crippen LogP contribution in [-0.4, -0.2) is 46.1 Å². The second kappa shape index (κ2) is 5.87. The molecule has 0 aromatic carbocycles. The molecule has 1 aromatic rings. The highest BCUT2D eigenvalue weighted by molar-refractivity contribution is 5.99. The van der Waals surface area contributed by atoms with Gasteiger partial charge in [0.15, 0.2) is 0 Å². The van der Waals surface area contributed by atoms with Crippen molar-refractivity contribution in [1.82, 2.24) is 20.0 Å². The third kappa shape index (κ3) is 3.09. The van der Waals surface area contributed by atoms with Crippen LogP contribution >= 0.6 is 0 Å². The highest BCUT2D eigenvalue weighted by Gasteiger charge is 2.42. The maximum absolute atomic E-state index is 12.6. The average molecular weight is 292 g/mol. The van der Waals surface area contributed by atoms with E-state index in [2.05, 4.69) is 10.4 Å². The number of aromatic nitrogens is 2. The third-order valence-corrected chi connectivity index (χ3v) is 4.13. The number of nitrogens with one attached hydrogen (secondary N) is 1. The quantitative estimate of drug-likeness (QED) is 0.911. The Hall–Kier alpha value is -1.85. The van der Waals surface area contributed by atoms with Crippen LogP contribution in [0.3, 0.4) is 0 Å². The van der Waals surface area contributed by atoms with E-state index < -0.39 is 5.54 Å². The summed E-state index contributed by atoms with van der Waals surface area (Å²) >= 11 is 0. The number of carbonyl (C=O) groups excluding carboxylic acids is 2. The number of nitrogens with zero attached hydrogens (tertiary/aromatic N) is 3. The second-order valence-corrected chi connectivity index (χ2v) is 6.10. The zero-order valence-electron chi connectivity index (χ0n) is 13.3. The van der Waals surface area contributed by atoms with Gasteiger partial charge in [0.1, 0.15) is 5.54 Å². The van der Waals surface area contributed by atoms with E-state index >= 15 is 0 Å². The van der Waals surface area contributed by atoms with E-state index in [1.807, 2.05) is 0 Å². The first kappa shape index (κ1) is 15.5. The van der Waals surface area contributed by atoms with Gasteiger partial charge in [-0.2, -0.15) is 5.10 Å². The van der Waals surface area contributed by atoms with E-state index in [-0.39, 0.29) is 11.8 Å². The van der Waals surface area contributed by atoms with Gasteiger partial charge in [0.2, 0.25) is 5.91 Å². The molecule has 1 heterocycles. The zero-order chi connectivity index (χ0) is 15.6. The van der Waals surface area contributed by atoms with Crippen molar-refractivity contribution in [3.63, 3.8) is 0 Å². The normalized spacial score (nSPS) is 17.3. The summed E-state index contributed by atoms with van der Waals surface area (Å²) in [5, 5.41) is 7.19. The van der Waals surface area contributed by atoms with Crippen molar-refractivity contribution < 1.29 is 9.59 Å². The molecule has 6 heteroatoms. The molecule has 1 aliphatic rings. The number of rotatable bonds is 3. The molecule has 0 spiro atoms. The number of amides is 2. The van der Waals surface area contributed by atoms with Crippen molar-refractivity contribution in [2.24, 2.45) is 7.05 Å². The minimum atomic E-state index is -0.763. The van der Waals surface area contributed by atoms with Gasteiger partial charge in [0, 0.05) is 27.3 Å². The first-order valence-electron chi connectivity index (χ1n) is 7.40. The smallest absolute Gasteiger partial charge is 0.255 e. The van der Waals surface area contributed by atoms with E-state index in [9.17, 15) is 9.59 Å². The first-order valence-corrected chi connectivity index (χ1v) is 7.40. The molecule has 21 heavy (non-hydrogen) atoms. The SMILES string of the molecule is Cc1nn(C)cc1C(=O)NC1(C(=O)N(C)C)CCCCC1. The van der Waals surface area contributed by atoms with Crippen LogP contribution in [0.2, 0.25) is 0 Å². The van der Waals surface area contributed by atoms with Gasteiger partial charge in [-0.3, -0.25) is 14.3 Å². The number of hydrogen-bond acceptors (Lipinski definition) is 3. The lowest BCUT2D eigenvalue weighted by atomic mass is 9.80. The van der Waals surface area contributed by atoms with E-state index in [0.29, 0.717) is 24.1 Å². The summed E-state index contributed by atoms with van der Waals surface area (Å²) in [4.78, 5) is 26.7. The van der Waals surface area contributed by atoms with Crippen LogP contribution in [0.1, 0.15) is 48.2 Å². The molecule has 0 radical (unpaired) electrons. The van der Waals surface area contributed by atoms with Crippen molar-refractivity contribution in [1.29, 1.82) is 0 Å². The summed E-state index contributed by atoms with van der Waals surface area (Å²) in [5.41, 5.74) is 0.452. The maximum atomic E-state index is 12.6. The first-order chi connectivity index (χ1) is 9.85. The fourth-order valence-electron chi connectivity index (χ4n) is 3.08. The van der Waals surface area contributed by atoms with Gasteiger partial charge >= 0.3 is 0 Å². The third-order valence-electron chi connectivity index (χ3n) is 4.13. The summed E-state index contributed by atoms with van der Waals surface area (Å²) in [6.07, 6.45) is 6.15. The van der Waals surface area contributed by atoms with Crippen LogP contribution in [0, 0.1) is 6.92 Å². The van der Waals surface area contributed by atoms with Gasteiger partial charge in [-0.25, -0.2) is 0 Å². The van der Waals surface area contributed by atoms with E-state index in [1.165, 1.54) is 0 Å². The summed E-state index contributed by atoms with van der Waals surface area (Å²) in [6.45, 7) is 1.80. The lowest BCUT2D eigenvalue weighted by Gasteiger charge is -2.38. The molecule has 116 valence electrons. The lowest BCUT2D eigenvalue weighted by Crippen LogP contribution is -2.59. The highest BCUT2D eigenvalue weighted by atomic mass is 16.2. The summed E-state index contributed by atoms with van der Waals surface area (Å²) in [5.74, 6) is -0.227. The molecular weight excluding hydrogens is 268 g/mol. The molecule has 1 fully saturated rings. The largest absolute Gasteiger partial charge is 0.347 e. The highest BCUT2D eigenvalue weighted by Crippen LogP contribution is 2.30. The Labute approximate surface area is 125 Å². The molecule has 0 atom stereocenters. The van der Waals surface area contributed by atoms with Gasteiger partial charge in [0.05, 0.1) is 11.3 Å². The van der Waals surface area contributed by atoms with E-state index in [4.69, 9.17) is 0 Å². The lowest BCUT2D eigenvalue weighted by molar-refractivity contribution is -0.136. The fourth-order valence-corrected chi connectivity index (χ4v) is 3.08. The monoisotopic (exact) mass is 292 g/mol. The Morgan fingerprint density at radius 2 is 1.90 bits per heavy atom. The molecule has 1 N–H and O–H groups in total. The van der Waals surface area contributed by atoms with Crippen LogP contribution < -0.4 is 5.32 Å². The predicted octanol–water partition coefficient (Wildman–Crippen LogP) is 1.25. The van der Waals surface area contributed by atoms with E-state index in [1.54, 1.807) is 43.8 Å². The zero-order valence-corrected chi connectivity index (χ0v) is 13.3. The second-order valence-electron chi connectivity index (χ2n) is 6.10. The summed E-state index contributed by atoms with van der Waals surface area (Å²) in [6, 6.07) is 0. The van der Waals surface area contributed by atoms with Gasteiger partial charge in [0.25, 0.3) is 5.91 Å². The molecule has 1 aliphatic carbocycles. The van der Waals surface area contributed by atoms with Crippen molar-refractivity contribution in [2.45, 2.75) is 44.6 Å². The molecule has 0 unspecified atom stereocenters. The average Bonchev–Trinajstić information content (AvgIpc) is 2.78. The van der Waals surface area contributed by atoms with Crippen LogP contribution in [0.25, 0.3) is 0 Å². The van der Waals surface area contributed by atoms with Crippen molar-refractivity contribution in [3.05, 3.63) is 17.5 Å². The minimum Gasteiger partial charge on any atom is -0.347 e. The Morgan fingerprint density at radius 1 is 1.29 bits per heavy atom. The molecule has 2 rings (SSSR count). The molecule has 6 nitrogen and oxygen atoms in total. The molecule has 1 aromatic heterocycles. The van der Waals surface area contributed by atoms with Gasteiger partial charge in [-0.15, -0.1) is 0 Å². The standard InChI is InChI=1S/C15H24N4O2/c1-11-12(10-19(4)17-11)13(20)16-15(14(21)18(2)3)8-6-5-7-9-15/h10H,5-9H2,1-4H3,(H,16,20). The Morgan fingerprint density at radius 3 is 2.38 bits per heavy atom. The van der Waals surface area contributed by atoms with Crippen LogP contribution in [0.15, 0.2) is 6.20 Å². The predicted molar refractivity (Wildman–Crippen MR) is 79.9 cm³/mol. The number of hydrogen-bond donors (Lipinski definition) is 1. The van der Waals surface area contributed by atoms with Crippen molar-refractivity contribution in [2.75, 3.05) is 14.1 Å².